The van der Waals surface area contributed by atoms with Gasteiger partial charge in [-0.25, -0.2) is 8.78 Å². The number of nitrogens with zero attached hydrogens (tertiary/aromatic N) is 2. The maximum absolute atomic E-state index is 13.4. The molecule has 0 fully saturated rings. The summed E-state index contributed by atoms with van der Waals surface area (Å²) in [5.74, 6) is 0.472. The van der Waals surface area contributed by atoms with E-state index in [-0.39, 0.29) is 17.4 Å². The molecule has 2 aliphatic heterocycles. The Balaban J connectivity index is 1.87. The van der Waals surface area contributed by atoms with Crippen LogP contribution in [0.15, 0.2) is 57.5 Å². The highest BCUT2D eigenvalue weighted by atomic mass is 19.3. The van der Waals surface area contributed by atoms with Crippen molar-refractivity contribution in [1.29, 1.82) is 0 Å². The van der Waals surface area contributed by atoms with Gasteiger partial charge < -0.3 is 10.1 Å². The molecule has 154 valence electrons. The van der Waals surface area contributed by atoms with Crippen molar-refractivity contribution in [2.45, 2.75) is 58.0 Å². The highest BCUT2D eigenvalue weighted by Gasteiger charge is 2.53. The summed E-state index contributed by atoms with van der Waals surface area (Å²) in [6.07, 6.45) is 0.699. The molecule has 29 heavy (non-hydrogen) atoms. The van der Waals surface area contributed by atoms with Crippen molar-refractivity contribution < 1.29 is 18.3 Å². The average molecular weight is 401 g/mol. The lowest BCUT2D eigenvalue weighted by molar-refractivity contribution is -0.119. The quantitative estimate of drug-likeness (QED) is 0.763. The highest BCUT2D eigenvalue weighted by Crippen LogP contribution is 2.53. The number of carbonyl (C=O) groups excluding carboxylic acids is 1. The van der Waals surface area contributed by atoms with Gasteiger partial charge in [0.25, 0.3) is 6.43 Å². The largest absolute Gasteiger partial charge is 0.488 e. The summed E-state index contributed by atoms with van der Waals surface area (Å²) < 4.78 is 30.5. The minimum atomic E-state index is -2.55. The van der Waals surface area contributed by atoms with Gasteiger partial charge in [0.1, 0.15) is 12.4 Å². The third kappa shape index (κ3) is 3.26. The first-order valence-corrected chi connectivity index (χ1v) is 9.92. The Bertz CT molecular complexity index is 936. The van der Waals surface area contributed by atoms with Crippen molar-refractivity contribution in [1.82, 2.24) is 5.32 Å². The molecule has 1 aromatic rings. The monoisotopic (exact) mass is 401 g/mol. The smallest absolute Gasteiger partial charge is 0.272 e. The van der Waals surface area contributed by atoms with E-state index in [2.05, 4.69) is 29.4 Å². The van der Waals surface area contributed by atoms with Crippen molar-refractivity contribution in [3.05, 3.63) is 52.9 Å². The van der Waals surface area contributed by atoms with Crippen LogP contribution in [0.1, 0.15) is 45.6 Å². The fourth-order valence-electron chi connectivity index (χ4n) is 4.90. The minimum Gasteiger partial charge on any atom is -0.488 e. The molecule has 0 bridgehead atoms. The van der Waals surface area contributed by atoms with Crippen molar-refractivity contribution in [2.24, 2.45) is 15.6 Å². The van der Waals surface area contributed by atoms with E-state index in [1.807, 2.05) is 13.0 Å². The number of hydrogen-bond acceptors (Lipinski definition) is 5. The van der Waals surface area contributed by atoms with Gasteiger partial charge in [-0.2, -0.15) is 10.2 Å². The molecule has 0 spiro atoms. The molecule has 5 nitrogen and oxygen atoms in total. The highest BCUT2D eigenvalue weighted by molar-refractivity contribution is 6.01. The molecule has 7 heteroatoms. The van der Waals surface area contributed by atoms with E-state index in [0.717, 1.165) is 28.8 Å². The number of halogens is 2. The van der Waals surface area contributed by atoms with Crippen LogP contribution in [0.3, 0.4) is 0 Å². The van der Waals surface area contributed by atoms with E-state index in [4.69, 9.17) is 4.74 Å². The first-order chi connectivity index (χ1) is 13.8. The number of carbonyl (C=O) groups is 1. The van der Waals surface area contributed by atoms with Gasteiger partial charge in [0.2, 0.25) is 0 Å². The van der Waals surface area contributed by atoms with Gasteiger partial charge in [-0.3, -0.25) is 4.79 Å². The Morgan fingerprint density at radius 3 is 2.83 bits per heavy atom. The van der Waals surface area contributed by atoms with Gasteiger partial charge >= 0.3 is 0 Å². The minimum absolute atomic E-state index is 0.107. The van der Waals surface area contributed by atoms with Gasteiger partial charge in [0, 0.05) is 23.3 Å². The molecule has 0 aromatic heterocycles. The van der Waals surface area contributed by atoms with Crippen LogP contribution in [-0.2, 0) is 10.2 Å². The summed E-state index contributed by atoms with van der Waals surface area (Å²) in [5, 5.41) is 11.9. The van der Waals surface area contributed by atoms with Crippen LogP contribution in [0.25, 0.3) is 0 Å². The number of Topliss-reactive ketones (excluding diaryl/α,β-unsaturated/α-hetero) is 1. The van der Waals surface area contributed by atoms with Crippen LogP contribution in [-0.4, -0.2) is 25.0 Å². The van der Waals surface area contributed by atoms with E-state index in [0.29, 0.717) is 18.6 Å². The number of benzene rings is 1. The number of nitrogens with one attached hydrogen (secondary N) is 1. The van der Waals surface area contributed by atoms with E-state index in [1.54, 1.807) is 24.4 Å². The Hall–Kier alpha value is -2.57. The number of fused-ring (bicyclic) bond motifs is 1. The summed E-state index contributed by atoms with van der Waals surface area (Å²) in [6.45, 7) is 5.54. The molecular formula is C22H25F2N3O2. The Labute approximate surface area is 168 Å². The fraction of sp³-hybridized carbons (Fsp3) is 0.500. The molecular weight excluding hydrogens is 376 g/mol. The second-order valence-corrected chi connectivity index (χ2v) is 8.65. The lowest BCUT2D eigenvalue weighted by Gasteiger charge is -2.47. The van der Waals surface area contributed by atoms with Gasteiger partial charge in [-0.1, -0.05) is 32.9 Å². The van der Waals surface area contributed by atoms with Crippen LogP contribution in [0, 0.1) is 5.41 Å². The normalized spacial score (nSPS) is 27.4. The number of azo groups is 1. The third-order valence-electron chi connectivity index (χ3n) is 6.01. The Kier molecular flexibility index (Phi) is 4.79. The summed E-state index contributed by atoms with van der Waals surface area (Å²) in [4.78, 5) is 13.4. The predicted molar refractivity (Wildman–Crippen MR) is 105 cm³/mol. The molecule has 1 N–H and O–H groups in total. The van der Waals surface area contributed by atoms with Gasteiger partial charge in [-0.15, -0.1) is 0 Å². The van der Waals surface area contributed by atoms with E-state index in [9.17, 15) is 13.6 Å². The van der Waals surface area contributed by atoms with E-state index >= 15 is 0 Å². The Morgan fingerprint density at radius 1 is 1.31 bits per heavy atom. The van der Waals surface area contributed by atoms with Crippen molar-refractivity contribution in [3.63, 3.8) is 0 Å². The average Bonchev–Trinajstić information content (AvgIpc) is 3.12. The number of hydrogen-bond donors (Lipinski definition) is 1. The second kappa shape index (κ2) is 7.04. The lowest BCUT2D eigenvalue weighted by atomic mass is 9.59. The molecule has 1 aromatic carbocycles. The number of ether oxygens (including phenoxy) is 1. The Morgan fingerprint density at radius 2 is 2.10 bits per heavy atom. The van der Waals surface area contributed by atoms with Crippen molar-refractivity contribution in [2.75, 3.05) is 6.61 Å². The van der Waals surface area contributed by atoms with Crippen LogP contribution >= 0.6 is 0 Å². The molecule has 0 saturated heterocycles. The second-order valence-electron chi connectivity index (χ2n) is 8.65. The molecule has 0 amide bonds. The van der Waals surface area contributed by atoms with Gasteiger partial charge in [0.05, 0.1) is 11.6 Å². The zero-order valence-corrected chi connectivity index (χ0v) is 16.8. The summed E-state index contributed by atoms with van der Waals surface area (Å²) in [7, 11) is 0. The number of rotatable bonds is 5. The molecule has 4 rings (SSSR count). The zero-order valence-electron chi connectivity index (χ0n) is 16.8. The summed E-state index contributed by atoms with van der Waals surface area (Å²) in [6, 6.07) is 7.14. The SMILES string of the molecule is CCC1(c2cccc(OCC(F)F)c2)C2=CN=NC2NC2=C1C(=O)CC(C)(C)C2. The van der Waals surface area contributed by atoms with E-state index < -0.39 is 18.4 Å². The third-order valence-corrected chi connectivity index (χ3v) is 6.01. The first-order valence-electron chi connectivity index (χ1n) is 9.92. The van der Waals surface area contributed by atoms with Gasteiger partial charge in [-0.05, 0) is 36.0 Å². The fourth-order valence-corrected chi connectivity index (χ4v) is 4.90. The van der Waals surface area contributed by atoms with Crippen LogP contribution < -0.4 is 10.1 Å². The summed E-state index contributed by atoms with van der Waals surface area (Å²) in [5.41, 5.74) is 2.58. The number of ketones is 1. The molecule has 1 aliphatic carbocycles. The zero-order chi connectivity index (χ0) is 20.8. The topological polar surface area (TPSA) is 63.1 Å². The first kappa shape index (κ1) is 19.7. The number of alkyl halides is 2. The molecule has 2 heterocycles. The van der Waals surface area contributed by atoms with E-state index in [1.165, 1.54) is 0 Å². The molecule has 3 aliphatic rings. The number of allylic oxidation sites excluding steroid dienone is 2. The standard InChI is InChI=1S/C22H25F2N3O2/c1-4-22(13-6-5-7-14(8-13)29-12-18(23)24)15-11-25-27-20(15)26-16-9-21(2,3)10-17(28)19(16)22/h5-8,11,18,20,26H,4,9-10,12H2,1-3H3. The molecule has 0 radical (unpaired) electrons. The van der Waals surface area contributed by atoms with Crippen LogP contribution in [0.2, 0.25) is 0 Å². The maximum Gasteiger partial charge on any atom is 0.272 e. The molecule has 0 saturated carbocycles. The van der Waals surface area contributed by atoms with Gasteiger partial charge in [0.15, 0.2) is 11.9 Å². The summed E-state index contributed by atoms with van der Waals surface area (Å²) >= 11 is 0. The van der Waals surface area contributed by atoms with Crippen LogP contribution in [0.5, 0.6) is 5.75 Å². The maximum atomic E-state index is 13.4. The molecule has 2 unspecified atom stereocenters. The molecule has 2 atom stereocenters. The van der Waals surface area contributed by atoms with Crippen LogP contribution in [0.4, 0.5) is 8.78 Å². The predicted octanol–water partition coefficient (Wildman–Crippen LogP) is 4.90. The lowest BCUT2D eigenvalue weighted by Crippen LogP contribution is -2.51. The van der Waals surface area contributed by atoms with Crippen molar-refractivity contribution >= 4 is 5.78 Å². The van der Waals surface area contributed by atoms with Crippen molar-refractivity contribution in [3.8, 4) is 5.75 Å².